The van der Waals surface area contributed by atoms with Crippen LogP contribution < -0.4 is 5.48 Å². The van der Waals surface area contributed by atoms with Crippen molar-refractivity contribution >= 4 is 5.91 Å². The first-order valence-electron chi connectivity index (χ1n) is 4.64. The van der Waals surface area contributed by atoms with E-state index in [9.17, 15) is 4.79 Å². The summed E-state index contributed by atoms with van der Waals surface area (Å²) in [7, 11) is 1.82. The van der Waals surface area contributed by atoms with E-state index in [0.717, 1.165) is 0 Å². The third kappa shape index (κ3) is 2.88. The lowest BCUT2D eigenvalue weighted by Gasteiger charge is -2.07. The van der Waals surface area contributed by atoms with Gasteiger partial charge in [0.2, 0.25) is 0 Å². The number of nitrogens with one attached hydrogen (secondary N) is 1. The topological polar surface area (TPSA) is 43.3 Å². The molecular weight excluding hydrogens is 180 g/mol. The zero-order valence-electron chi connectivity index (χ0n) is 8.78. The summed E-state index contributed by atoms with van der Waals surface area (Å²) in [5, 5.41) is 0. The first kappa shape index (κ1) is 10.8. The number of hydrogen-bond acceptors (Lipinski definition) is 2. The van der Waals surface area contributed by atoms with Gasteiger partial charge in [0.1, 0.15) is 5.69 Å². The summed E-state index contributed by atoms with van der Waals surface area (Å²) in [4.78, 5) is 16.5. The fourth-order valence-electron chi connectivity index (χ4n) is 1.02. The molecule has 0 aliphatic rings. The fraction of sp³-hybridized carbons (Fsp3) is 0.500. The van der Waals surface area contributed by atoms with Gasteiger partial charge in [0.25, 0.3) is 5.91 Å². The van der Waals surface area contributed by atoms with Crippen molar-refractivity contribution < 1.29 is 9.63 Å². The zero-order valence-corrected chi connectivity index (χ0v) is 8.78. The molecule has 1 amide bonds. The van der Waals surface area contributed by atoms with Gasteiger partial charge >= 0.3 is 0 Å². The van der Waals surface area contributed by atoms with Gasteiger partial charge < -0.3 is 4.57 Å². The van der Waals surface area contributed by atoms with Gasteiger partial charge in [-0.15, -0.1) is 0 Å². The number of hydrogen-bond donors (Lipinski definition) is 1. The Hall–Kier alpha value is -1.29. The van der Waals surface area contributed by atoms with Crippen LogP contribution in [0.1, 0.15) is 24.3 Å². The lowest BCUT2D eigenvalue weighted by Crippen LogP contribution is -2.27. The summed E-state index contributed by atoms with van der Waals surface area (Å²) in [5.41, 5.74) is 2.99. The van der Waals surface area contributed by atoms with Crippen LogP contribution >= 0.6 is 0 Å². The van der Waals surface area contributed by atoms with Crippen molar-refractivity contribution in [1.82, 2.24) is 10.0 Å². The van der Waals surface area contributed by atoms with Crippen LogP contribution in [0.25, 0.3) is 0 Å². The smallest absolute Gasteiger partial charge is 0.291 e. The fourth-order valence-corrected chi connectivity index (χ4v) is 1.02. The van der Waals surface area contributed by atoms with Crippen LogP contribution in [-0.2, 0) is 11.9 Å². The van der Waals surface area contributed by atoms with E-state index in [1.807, 2.05) is 33.2 Å². The number of amides is 1. The summed E-state index contributed by atoms with van der Waals surface area (Å²) in [5.74, 6) is 0.196. The van der Waals surface area contributed by atoms with Crippen LogP contribution in [-0.4, -0.2) is 17.1 Å². The molecule has 4 heteroatoms. The molecule has 1 heterocycles. The molecule has 0 aromatic carbocycles. The SMILES string of the molecule is CC(C)CONC(=O)c1cccn1C. The standard InChI is InChI=1S/C10H16N2O2/c1-8(2)7-14-11-10(13)9-5-4-6-12(9)3/h4-6,8H,7H2,1-3H3,(H,11,13). The Labute approximate surface area is 83.8 Å². The third-order valence-electron chi connectivity index (χ3n) is 1.76. The van der Waals surface area contributed by atoms with Gasteiger partial charge in [-0.05, 0) is 18.1 Å². The van der Waals surface area contributed by atoms with Crippen molar-refractivity contribution in [3.05, 3.63) is 24.0 Å². The van der Waals surface area contributed by atoms with Crippen LogP contribution in [0.4, 0.5) is 0 Å². The first-order valence-corrected chi connectivity index (χ1v) is 4.64. The minimum atomic E-state index is -0.210. The van der Waals surface area contributed by atoms with Gasteiger partial charge in [-0.3, -0.25) is 9.63 Å². The summed E-state index contributed by atoms with van der Waals surface area (Å²) in [6.45, 7) is 4.57. The molecule has 1 aromatic rings. The Morgan fingerprint density at radius 3 is 2.86 bits per heavy atom. The van der Waals surface area contributed by atoms with Crippen LogP contribution in [0.15, 0.2) is 18.3 Å². The highest BCUT2D eigenvalue weighted by Crippen LogP contribution is 1.99. The van der Waals surface area contributed by atoms with Gasteiger partial charge in [-0.25, -0.2) is 5.48 Å². The van der Waals surface area contributed by atoms with Crippen molar-refractivity contribution in [3.8, 4) is 0 Å². The molecule has 0 saturated heterocycles. The summed E-state index contributed by atoms with van der Waals surface area (Å²) < 4.78 is 1.74. The highest BCUT2D eigenvalue weighted by Gasteiger charge is 2.08. The predicted octanol–water partition coefficient (Wildman–Crippen LogP) is 1.34. The number of carbonyl (C=O) groups is 1. The molecule has 14 heavy (non-hydrogen) atoms. The number of aromatic nitrogens is 1. The van der Waals surface area contributed by atoms with Gasteiger partial charge in [-0.2, -0.15) is 0 Å². The molecule has 4 nitrogen and oxygen atoms in total. The average molecular weight is 196 g/mol. The van der Waals surface area contributed by atoms with Crippen molar-refractivity contribution in [2.75, 3.05) is 6.61 Å². The van der Waals surface area contributed by atoms with Gasteiger partial charge in [0.15, 0.2) is 0 Å². The van der Waals surface area contributed by atoms with E-state index in [0.29, 0.717) is 18.2 Å². The van der Waals surface area contributed by atoms with E-state index in [-0.39, 0.29) is 5.91 Å². The zero-order chi connectivity index (χ0) is 10.6. The lowest BCUT2D eigenvalue weighted by molar-refractivity contribution is 0.0202. The second-order valence-electron chi connectivity index (χ2n) is 3.64. The Kier molecular flexibility index (Phi) is 3.71. The molecule has 0 atom stereocenters. The molecule has 0 aliphatic carbocycles. The molecular formula is C10H16N2O2. The summed E-state index contributed by atoms with van der Waals surface area (Å²) >= 11 is 0. The van der Waals surface area contributed by atoms with E-state index >= 15 is 0 Å². The molecule has 0 unspecified atom stereocenters. The second kappa shape index (κ2) is 4.81. The number of nitrogens with zero attached hydrogens (tertiary/aromatic N) is 1. The molecule has 1 rings (SSSR count). The van der Waals surface area contributed by atoms with E-state index in [1.54, 1.807) is 10.6 Å². The van der Waals surface area contributed by atoms with Crippen molar-refractivity contribution in [3.63, 3.8) is 0 Å². The predicted molar refractivity (Wildman–Crippen MR) is 53.7 cm³/mol. The molecule has 1 aromatic heterocycles. The van der Waals surface area contributed by atoms with E-state index in [2.05, 4.69) is 5.48 Å². The van der Waals surface area contributed by atoms with E-state index in [4.69, 9.17) is 4.84 Å². The summed E-state index contributed by atoms with van der Waals surface area (Å²) in [6.07, 6.45) is 1.82. The van der Waals surface area contributed by atoms with Crippen LogP contribution in [0, 0.1) is 5.92 Å². The number of hydroxylamine groups is 1. The maximum Gasteiger partial charge on any atom is 0.291 e. The molecule has 0 saturated carbocycles. The van der Waals surface area contributed by atoms with Crippen molar-refractivity contribution in [1.29, 1.82) is 0 Å². The quantitative estimate of drug-likeness (QED) is 0.738. The maximum atomic E-state index is 11.5. The third-order valence-corrected chi connectivity index (χ3v) is 1.76. The minimum Gasteiger partial charge on any atom is -0.347 e. The van der Waals surface area contributed by atoms with E-state index < -0.39 is 0 Å². The Bertz CT molecular complexity index is 305. The van der Waals surface area contributed by atoms with Crippen LogP contribution in [0.5, 0.6) is 0 Å². The van der Waals surface area contributed by atoms with Gasteiger partial charge in [-0.1, -0.05) is 13.8 Å². The van der Waals surface area contributed by atoms with Crippen LogP contribution in [0.2, 0.25) is 0 Å². The molecule has 0 radical (unpaired) electrons. The van der Waals surface area contributed by atoms with E-state index in [1.165, 1.54) is 0 Å². The molecule has 0 fully saturated rings. The Balaban J connectivity index is 2.40. The average Bonchev–Trinajstić information content (AvgIpc) is 2.50. The Morgan fingerprint density at radius 1 is 1.64 bits per heavy atom. The Morgan fingerprint density at radius 2 is 2.36 bits per heavy atom. The second-order valence-corrected chi connectivity index (χ2v) is 3.64. The van der Waals surface area contributed by atoms with Crippen LogP contribution in [0.3, 0.4) is 0 Å². The number of aryl methyl sites for hydroxylation is 1. The molecule has 0 bridgehead atoms. The summed E-state index contributed by atoms with van der Waals surface area (Å²) in [6, 6.07) is 3.56. The number of carbonyl (C=O) groups excluding carboxylic acids is 1. The van der Waals surface area contributed by atoms with Crippen molar-refractivity contribution in [2.45, 2.75) is 13.8 Å². The largest absolute Gasteiger partial charge is 0.347 e. The highest BCUT2D eigenvalue weighted by molar-refractivity contribution is 5.91. The molecule has 1 N–H and O–H groups in total. The van der Waals surface area contributed by atoms with Gasteiger partial charge in [0.05, 0.1) is 6.61 Å². The lowest BCUT2D eigenvalue weighted by atomic mass is 10.2. The number of rotatable bonds is 4. The maximum absolute atomic E-state index is 11.5. The molecule has 0 aliphatic heterocycles. The normalized spacial score (nSPS) is 10.6. The first-order chi connectivity index (χ1) is 6.61. The molecule has 0 spiro atoms. The van der Waals surface area contributed by atoms with Gasteiger partial charge in [0, 0.05) is 13.2 Å². The molecule has 78 valence electrons. The monoisotopic (exact) mass is 196 g/mol. The van der Waals surface area contributed by atoms with Crippen molar-refractivity contribution in [2.24, 2.45) is 13.0 Å². The highest BCUT2D eigenvalue weighted by atomic mass is 16.6. The minimum absolute atomic E-state index is 0.210.